The maximum absolute atomic E-state index is 13.2. The molecule has 33 heavy (non-hydrogen) atoms. The van der Waals surface area contributed by atoms with Crippen molar-refractivity contribution in [1.29, 1.82) is 0 Å². The molecule has 3 aliphatic carbocycles. The Morgan fingerprint density at radius 1 is 1.12 bits per heavy atom. The lowest BCUT2D eigenvalue weighted by Gasteiger charge is -2.42. The van der Waals surface area contributed by atoms with E-state index >= 15 is 0 Å². The number of ether oxygens (including phenoxy) is 1. The van der Waals surface area contributed by atoms with Gasteiger partial charge in [-0.2, -0.15) is 5.06 Å². The number of carbonyl (C=O) groups is 4. The Kier molecular flexibility index (Phi) is 4.95. The van der Waals surface area contributed by atoms with Crippen LogP contribution in [-0.2, 0) is 19.2 Å². The summed E-state index contributed by atoms with van der Waals surface area (Å²) in [5.41, 5.74) is 1.87. The monoisotopic (exact) mass is 513 g/mol. The number of fused-ring (bicyclic) bond motifs is 3. The lowest BCUT2D eigenvalue weighted by Crippen LogP contribution is -2.39. The molecule has 4 atom stereocenters. The third-order valence-corrected chi connectivity index (χ3v) is 7.60. The Morgan fingerprint density at radius 2 is 1.85 bits per heavy atom. The van der Waals surface area contributed by atoms with Gasteiger partial charge in [0, 0.05) is 32.7 Å². The van der Waals surface area contributed by atoms with Gasteiger partial charge in [0.2, 0.25) is 0 Å². The van der Waals surface area contributed by atoms with Gasteiger partial charge in [0.05, 0.1) is 18.9 Å². The lowest BCUT2D eigenvalue weighted by atomic mass is 9.59. The summed E-state index contributed by atoms with van der Waals surface area (Å²) in [7, 11) is 1.41. The summed E-state index contributed by atoms with van der Waals surface area (Å²) in [6.07, 6.45) is 3.42. The first-order valence-electron chi connectivity index (χ1n) is 10.5. The predicted molar refractivity (Wildman–Crippen MR) is 117 cm³/mol. The van der Waals surface area contributed by atoms with Gasteiger partial charge < -0.3 is 9.84 Å². The quantitative estimate of drug-likeness (QED) is 0.270. The number of nitrogens with zero attached hydrogens (tertiary/aromatic N) is 1. The Bertz CT molecular complexity index is 1260. The van der Waals surface area contributed by atoms with Gasteiger partial charge in [0.25, 0.3) is 11.8 Å². The molecule has 1 aliphatic heterocycles. The average Bonchev–Trinajstić information content (AvgIpc) is 3.01. The Labute approximate surface area is 197 Å². The van der Waals surface area contributed by atoms with Crippen molar-refractivity contribution < 1.29 is 34.2 Å². The van der Waals surface area contributed by atoms with Crippen LogP contribution in [0, 0.1) is 17.8 Å². The molecule has 0 saturated carbocycles. The van der Waals surface area contributed by atoms with Crippen molar-refractivity contribution in [2.24, 2.45) is 17.8 Å². The number of hydrogen-bond donors (Lipinski definition) is 2. The topological polar surface area (TPSA) is 121 Å². The minimum atomic E-state index is -0.843. The van der Waals surface area contributed by atoms with Crippen molar-refractivity contribution in [3.8, 4) is 11.5 Å². The lowest BCUT2D eigenvalue weighted by molar-refractivity contribution is -0.173. The van der Waals surface area contributed by atoms with Crippen LogP contribution in [0.4, 0.5) is 0 Å². The summed E-state index contributed by atoms with van der Waals surface area (Å²) in [4.78, 5) is 51.6. The number of hydroxylamine groups is 2. The second-order valence-corrected chi connectivity index (χ2v) is 9.68. The number of ketones is 2. The van der Waals surface area contributed by atoms with Crippen molar-refractivity contribution in [2.45, 2.75) is 25.7 Å². The average molecular weight is 514 g/mol. The van der Waals surface area contributed by atoms with Crippen LogP contribution in [-0.4, -0.2) is 45.9 Å². The number of carbonyl (C=O) groups excluding carboxylic acids is 4. The van der Waals surface area contributed by atoms with E-state index in [0.717, 1.165) is 0 Å². The molecule has 0 spiro atoms. The van der Waals surface area contributed by atoms with Crippen molar-refractivity contribution in [3.63, 3.8) is 0 Å². The van der Waals surface area contributed by atoms with E-state index in [1.54, 1.807) is 25.1 Å². The summed E-state index contributed by atoms with van der Waals surface area (Å²) in [5.74, 6) is -4.93. The number of phenolic OH excluding ortho intramolecular Hbond substituents is 1. The number of halogens is 1. The minimum absolute atomic E-state index is 0.105. The van der Waals surface area contributed by atoms with E-state index < -0.39 is 35.5 Å². The van der Waals surface area contributed by atoms with Crippen LogP contribution in [0.25, 0.3) is 0 Å². The second-order valence-electron chi connectivity index (χ2n) is 8.76. The fraction of sp³-hybridized carbons (Fsp3) is 0.333. The predicted octanol–water partition coefficient (Wildman–Crippen LogP) is 2.98. The number of Topliss-reactive ketones (excluding diaryl/α,β-unsaturated/α-hetero) is 1. The van der Waals surface area contributed by atoms with Gasteiger partial charge in [-0.1, -0.05) is 27.6 Å². The first-order chi connectivity index (χ1) is 15.6. The van der Waals surface area contributed by atoms with Gasteiger partial charge in [-0.25, -0.2) is 0 Å². The van der Waals surface area contributed by atoms with Gasteiger partial charge in [0.15, 0.2) is 23.1 Å². The first kappa shape index (κ1) is 21.8. The standard InChI is InChI=1S/C24H20BrNO7/c1-9-5-16(27)20-15(21(9)28)8-13-11(3-4-12-19(13)24(31)26(32)23(12)30)18(20)14-6-10(25)7-17(33-2)22(14)29/h3,5-7,12-13,18-19,29,32H,4,8H2,1-2H3/t12-,13+,18+,19-/m0/s1. The summed E-state index contributed by atoms with van der Waals surface area (Å²) in [6.45, 7) is 1.56. The van der Waals surface area contributed by atoms with Crippen LogP contribution in [0.1, 0.15) is 31.2 Å². The summed E-state index contributed by atoms with van der Waals surface area (Å²) < 4.78 is 5.89. The summed E-state index contributed by atoms with van der Waals surface area (Å²) >= 11 is 3.41. The SMILES string of the molecule is COc1cc(Br)cc([C@H]2C3=CC[C@@H]4C(=O)N(O)C(=O)[C@@H]4[C@@H]3CC3=C2C(=O)C=C(C)C3=O)c1O. The van der Waals surface area contributed by atoms with E-state index in [0.29, 0.717) is 21.2 Å². The molecule has 0 bridgehead atoms. The Morgan fingerprint density at radius 3 is 2.55 bits per heavy atom. The maximum atomic E-state index is 13.2. The van der Waals surface area contributed by atoms with Crippen LogP contribution in [0.3, 0.4) is 0 Å². The molecule has 1 fully saturated rings. The Balaban J connectivity index is 1.76. The molecular weight excluding hydrogens is 494 g/mol. The van der Waals surface area contributed by atoms with Gasteiger partial charge >= 0.3 is 0 Å². The Hall–Kier alpha value is -3.04. The molecule has 1 aromatic carbocycles. The minimum Gasteiger partial charge on any atom is -0.504 e. The number of aromatic hydroxyl groups is 1. The van der Waals surface area contributed by atoms with Crippen molar-refractivity contribution in [2.75, 3.05) is 7.11 Å². The number of benzene rings is 1. The molecule has 0 radical (unpaired) electrons. The molecule has 0 unspecified atom stereocenters. The third-order valence-electron chi connectivity index (χ3n) is 7.14. The maximum Gasteiger partial charge on any atom is 0.257 e. The van der Waals surface area contributed by atoms with Crippen molar-refractivity contribution in [1.82, 2.24) is 5.06 Å². The van der Waals surface area contributed by atoms with Gasteiger partial charge in [-0.3, -0.25) is 24.4 Å². The molecule has 4 aliphatic rings. The number of methoxy groups -OCH3 is 1. The van der Waals surface area contributed by atoms with E-state index in [1.165, 1.54) is 13.2 Å². The van der Waals surface area contributed by atoms with Crippen LogP contribution in [0.2, 0.25) is 0 Å². The second kappa shape index (κ2) is 7.50. The van der Waals surface area contributed by atoms with E-state index in [9.17, 15) is 29.5 Å². The number of rotatable bonds is 2. The smallest absolute Gasteiger partial charge is 0.257 e. The van der Waals surface area contributed by atoms with Crippen molar-refractivity contribution >= 4 is 39.3 Å². The summed E-state index contributed by atoms with van der Waals surface area (Å²) in [5, 5.41) is 21.2. The fourth-order valence-electron chi connectivity index (χ4n) is 5.69. The van der Waals surface area contributed by atoms with Crippen LogP contribution in [0.5, 0.6) is 11.5 Å². The first-order valence-corrected chi connectivity index (χ1v) is 11.3. The number of phenols is 1. The number of hydrogen-bond acceptors (Lipinski definition) is 7. The van der Waals surface area contributed by atoms with Crippen LogP contribution < -0.4 is 4.74 Å². The molecule has 0 aromatic heterocycles. The molecule has 2 N–H and O–H groups in total. The molecule has 8 nitrogen and oxygen atoms in total. The molecular formula is C24H20BrNO7. The van der Waals surface area contributed by atoms with E-state index in [1.807, 2.05) is 0 Å². The zero-order valence-electron chi connectivity index (χ0n) is 17.8. The van der Waals surface area contributed by atoms with E-state index in [-0.39, 0.29) is 52.1 Å². The van der Waals surface area contributed by atoms with Crippen LogP contribution in [0.15, 0.2) is 51.0 Å². The van der Waals surface area contributed by atoms with E-state index in [4.69, 9.17) is 4.74 Å². The fourth-order valence-corrected chi connectivity index (χ4v) is 6.15. The molecule has 5 rings (SSSR count). The normalized spacial score (nSPS) is 28.9. The molecule has 1 aromatic rings. The van der Waals surface area contributed by atoms with E-state index in [2.05, 4.69) is 15.9 Å². The van der Waals surface area contributed by atoms with Crippen LogP contribution >= 0.6 is 15.9 Å². The van der Waals surface area contributed by atoms with Crippen molar-refractivity contribution in [3.05, 3.63) is 56.6 Å². The van der Waals surface area contributed by atoms with Gasteiger partial charge in [-0.05, 0) is 43.9 Å². The highest BCUT2D eigenvalue weighted by Crippen LogP contribution is 2.56. The summed E-state index contributed by atoms with van der Waals surface area (Å²) in [6, 6.07) is 3.24. The number of amides is 2. The van der Waals surface area contributed by atoms with Gasteiger partial charge in [-0.15, -0.1) is 0 Å². The van der Waals surface area contributed by atoms with Gasteiger partial charge in [0.1, 0.15) is 0 Å². The molecule has 170 valence electrons. The highest BCUT2D eigenvalue weighted by atomic mass is 79.9. The molecule has 2 amide bonds. The molecule has 1 heterocycles. The number of imide groups is 1. The highest BCUT2D eigenvalue weighted by molar-refractivity contribution is 9.10. The third kappa shape index (κ3) is 2.99. The molecule has 9 heteroatoms. The highest BCUT2D eigenvalue weighted by Gasteiger charge is 2.56. The largest absolute Gasteiger partial charge is 0.504 e. The molecule has 1 saturated heterocycles. The zero-order chi connectivity index (χ0) is 23.8. The number of allylic oxidation sites excluding steroid dienone is 6. The zero-order valence-corrected chi connectivity index (χ0v) is 19.4.